The molecule has 1 heterocycles. The highest BCUT2D eigenvalue weighted by atomic mass is 79.9. The molecule has 17 heavy (non-hydrogen) atoms. The smallest absolute Gasteiger partial charge is 0.245 e. The summed E-state index contributed by atoms with van der Waals surface area (Å²) in [5.74, 6) is 0. The summed E-state index contributed by atoms with van der Waals surface area (Å²) >= 11 is 3.28. The molecule has 90 valence electrons. The van der Waals surface area contributed by atoms with Crippen LogP contribution in [0, 0.1) is 6.92 Å². The van der Waals surface area contributed by atoms with Gasteiger partial charge in [-0.1, -0.05) is 33.6 Å². The summed E-state index contributed by atoms with van der Waals surface area (Å²) in [6.07, 6.45) is 1.56. The Morgan fingerprint density at radius 3 is 2.41 bits per heavy atom. The molecular formula is C12H12BrNO2S. The van der Waals surface area contributed by atoms with E-state index in [1.165, 1.54) is 3.97 Å². The molecule has 0 N–H and O–H groups in total. The largest absolute Gasteiger partial charge is 0.267 e. The summed E-state index contributed by atoms with van der Waals surface area (Å²) in [4.78, 5) is 0.307. The Kier molecular flexibility index (Phi) is 3.40. The Balaban J connectivity index is 2.54. The van der Waals surface area contributed by atoms with Crippen molar-refractivity contribution in [1.82, 2.24) is 3.97 Å². The van der Waals surface area contributed by atoms with Crippen molar-refractivity contribution >= 4 is 26.0 Å². The molecule has 0 saturated heterocycles. The number of benzene rings is 1. The average Bonchev–Trinajstić information content (AvgIpc) is 2.78. The van der Waals surface area contributed by atoms with Crippen molar-refractivity contribution in [3.8, 4) is 0 Å². The third-order valence-electron chi connectivity index (χ3n) is 2.51. The normalized spacial score (nSPS) is 11.6. The third-order valence-corrected chi connectivity index (χ3v) is 4.82. The minimum absolute atomic E-state index is 0.307. The van der Waals surface area contributed by atoms with Gasteiger partial charge in [-0.3, -0.25) is 0 Å². The van der Waals surface area contributed by atoms with Crippen molar-refractivity contribution in [1.29, 1.82) is 0 Å². The quantitative estimate of drug-likeness (QED) is 0.817. The standard InChI is InChI=1S/C12H12BrNO2S/c1-10-4-6-12(7-5-10)17(15,16)14-8-2-3-11(14)9-13/h2-8H,9H2,1H3. The summed E-state index contributed by atoms with van der Waals surface area (Å²) in [7, 11) is -3.47. The Bertz CT molecular complexity index is 614. The number of aryl methyl sites for hydroxylation is 1. The van der Waals surface area contributed by atoms with E-state index in [0.717, 1.165) is 5.56 Å². The van der Waals surface area contributed by atoms with Crippen LogP contribution in [0.5, 0.6) is 0 Å². The Morgan fingerprint density at radius 1 is 1.18 bits per heavy atom. The average molecular weight is 314 g/mol. The monoisotopic (exact) mass is 313 g/mol. The van der Waals surface area contributed by atoms with Gasteiger partial charge in [-0.05, 0) is 31.2 Å². The van der Waals surface area contributed by atoms with E-state index >= 15 is 0 Å². The number of rotatable bonds is 3. The molecular weight excluding hydrogens is 302 g/mol. The van der Waals surface area contributed by atoms with Crippen molar-refractivity contribution < 1.29 is 8.42 Å². The van der Waals surface area contributed by atoms with Gasteiger partial charge >= 0.3 is 0 Å². The molecule has 0 amide bonds. The van der Waals surface area contributed by atoms with Crippen LogP contribution in [0.15, 0.2) is 47.5 Å². The highest BCUT2D eigenvalue weighted by Gasteiger charge is 2.18. The maximum absolute atomic E-state index is 12.3. The molecule has 0 spiro atoms. The fourth-order valence-electron chi connectivity index (χ4n) is 1.56. The second-order valence-corrected chi connectivity index (χ2v) is 6.12. The van der Waals surface area contributed by atoms with E-state index in [-0.39, 0.29) is 0 Å². The highest BCUT2D eigenvalue weighted by molar-refractivity contribution is 9.08. The minimum Gasteiger partial charge on any atom is -0.245 e. The van der Waals surface area contributed by atoms with Crippen molar-refractivity contribution in [3.63, 3.8) is 0 Å². The first-order valence-corrected chi connectivity index (χ1v) is 7.66. The maximum atomic E-state index is 12.3. The van der Waals surface area contributed by atoms with Gasteiger partial charge in [0.1, 0.15) is 0 Å². The van der Waals surface area contributed by atoms with Crippen molar-refractivity contribution in [3.05, 3.63) is 53.9 Å². The fourth-order valence-corrected chi connectivity index (χ4v) is 3.56. The Hall–Kier alpha value is -1.07. The van der Waals surface area contributed by atoms with Gasteiger partial charge in [0.2, 0.25) is 0 Å². The molecule has 0 aliphatic carbocycles. The molecule has 2 aromatic rings. The SMILES string of the molecule is Cc1ccc(S(=O)(=O)n2cccc2CBr)cc1. The number of nitrogens with zero attached hydrogens (tertiary/aromatic N) is 1. The zero-order chi connectivity index (χ0) is 12.5. The lowest BCUT2D eigenvalue weighted by Gasteiger charge is -2.09. The van der Waals surface area contributed by atoms with Crippen LogP contribution < -0.4 is 0 Å². The summed E-state index contributed by atoms with van der Waals surface area (Å²) in [5, 5.41) is 0.505. The van der Waals surface area contributed by atoms with Gasteiger partial charge in [0.05, 0.1) is 4.90 Å². The summed E-state index contributed by atoms with van der Waals surface area (Å²) in [6.45, 7) is 1.93. The van der Waals surface area contributed by atoms with E-state index in [0.29, 0.717) is 15.9 Å². The van der Waals surface area contributed by atoms with Crippen molar-refractivity contribution in [2.75, 3.05) is 0 Å². The number of hydrogen-bond acceptors (Lipinski definition) is 2. The van der Waals surface area contributed by atoms with Crippen LogP contribution in [-0.2, 0) is 15.4 Å². The van der Waals surface area contributed by atoms with E-state index in [1.807, 2.05) is 6.92 Å². The molecule has 0 aliphatic heterocycles. The molecule has 2 rings (SSSR count). The molecule has 1 aromatic carbocycles. The molecule has 0 radical (unpaired) electrons. The maximum Gasteiger partial charge on any atom is 0.267 e. The van der Waals surface area contributed by atoms with Gasteiger partial charge in [0.15, 0.2) is 0 Å². The van der Waals surface area contributed by atoms with E-state index in [4.69, 9.17) is 0 Å². The molecule has 0 fully saturated rings. The molecule has 3 nitrogen and oxygen atoms in total. The van der Waals surface area contributed by atoms with E-state index in [1.54, 1.807) is 42.6 Å². The van der Waals surface area contributed by atoms with Crippen LogP contribution in [0.3, 0.4) is 0 Å². The molecule has 5 heteroatoms. The van der Waals surface area contributed by atoms with Crippen LogP contribution in [0.1, 0.15) is 11.3 Å². The zero-order valence-electron chi connectivity index (χ0n) is 9.30. The van der Waals surface area contributed by atoms with E-state index in [9.17, 15) is 8.42 Å². The molecule has 0 saturated carbocycles. The first-order chi connectivity index (χ1) is 8.05. The Labute approximate surface area is 109 Å². The third kappa shape index (κ3) is 2.30. The predicted molar refractivity (Wildman–Crippen MR) is 70.8 cm³/mol. The molecule has 1 aromatic heterocycles. The van der Waals surface area contributed by atoms with Crippen LogP contribution in [-0.4, -0.2) is 12.4 Å². The van der Waals surface area contributed by atoms with E-state index in [2.05, 4.69) is 15.9 Å². The minimum atomic E-state index is -3.47. The molecule has 0 unspecified atom stereocenters. The second-order valence-electron chi connectivity index (χ2n) is 3.75. The first kappa shape index (κ1) is 12.4. The fraction of sp³-hybridized carbons (Fsp3) is 0.167. The first-order valence-electron chi connectivity index (χ1n) is 5.10. The van der Waals surface area contributed by atoms with Gasteiger partial charge < -0.3 is 0 Å². The number of hydrogen-bond donors (Lipinski definition) is 0. The van der Waals surface area contributed by atoms with Crippen molar-refractivity contribution in [2.24, 2.45) is 0 Å². The summed E-state index contributed by atoms with van der Waals surface area (Å²) in [6, 6.07) is 10.3. The number of halogens is 1. The number of alkyl halides is 1. The summed E-state index contributed by atoms with van der Waals surface area (Å²) < 4.78 is 26.0. The second kappa shape index (κ2) is 4.66. The molecule has 0 bridgehead atoms. The molecule has 0 aliphatic rings. The summed E-state index contributed by atoms with van der Waals surface area (Å²) in [5.41, 5.74) is 1.75. The lowest BCUT2D eigenvalue weighted by molar-refractivity contribution is 0.586. The zero-order valence-corrected chi connectivity index (χ0v) is 11.7. The van der Waals surface area contributed by atoms with Gasteiger partial charge in [0.25, 0.3) is 10.0 Å². The topological polar surface area (TPSA) is 39.1 Å². The van der Waals surface area contributed by atoms with E-state index < -0.39 is 10.0 Å². The Morgan fingerprint density at radius 2 is 1.82 bits per heavy atom. The van der Waals surface area contributed by atoms with Gasteiger partial charge in [-0.2, -0.15) is 0 Å². The van der Waals surface area contributed by atoms with Gasteiger partial charge in [-0.25, -0.2) is 12.4 Å². The van der Waals surface area contributed by atoms with Gasteiger partial charge in [-0.15, -0.1) is 0 Å². The van der Waals surface area contributed by atoms with Crippen LogP contribution in [0.4, 0.5) is 0 Å². The number of aromatic nitrogens is 1. The van der Waals surface area contributed by atoms with Crippen molar-refractivity contribution in [2.45, 2.75) is 17.1 Å². The van der Waals surface area contributed by atoms with Gasteiger partial charge in [0, 0.05) is 17.2 Å². The lowest BCUT2D eigenvalue weighted by atomic mass is 10.2. The highest BCUT2D eigenvalue weighted by Crippen LogP contribution is 2.18. The van der Waals surface area contributed by atoms with Crippen LogP contribution >= 0.6 is 15.9 Å². The lowest BCUT2D eigenvalue weighted by Crippen LogP contribution is -2.14. The molecule has 0 atom stereocenters. The van der Waals surface area contributed by atoms with Crippen LogP contribution in [0.25, 0.3) is 0 Å². The van der Waals surface area contributed by atoms with Crippen LogP contribution in [0.2, 0.25) is 0 Å². The predicted octanol–water partition coefficient (Wildman–Crippen LogP) is 2.93.